The molecule has 0 spiro atoms. The highest BCUT2D eigenvalue weighted by Gasteiger charge is 2.36. The predicted octanol–water partition coefficient (Wildman–Crippen LogP) is 1.59. The van der Waals surface area contributed by atoms with Crippen molar-refractivity contribution in [2.75, 3.05) is 45.9 Å². The van der Waals surface area contributed by atoms with Crippen LogP contribution < -0.4 is 15.4 Å². The van der Waals surface area contributed by atoms with Gasteiger partial charge in [-0.15, -0.1) is 0 Å². The Kier molecular flexibility index (Phi) is 11.1. The van der Waals surface area contributed by atoms with E-state index in [2.05, 4.69) is 15.6 Å². The SMILES string of the molecule is CCOC(=O)N1CCN(C(=O)[C@H](CC(=O)O)NC(=O)c2cc(OCC(=O)N3CCC[C@H]3C(=O)NC3CCC3)c3cc(F)c(C)cc3n2)CC1. The summed E-state index contributed by atoms with van der Waals surface area (Å²) in [6, 6.07) is 1.82. The fourth-order valence-corrected chi connectivity index (χ4v) is 6.12. The maximum Gasteiger partial charge on any atom is 0.409 e. The number of pyridine rings is 1. The van der Waals surface area contributed by atoms with E-state index in [0.29, 0.717) is 19.4 Å². The number of benzene rings is 1. The van der Waals surface area contributed by atoms with Gasteiger partial charge < -0.3 is 39.9 Å². The number of rotatable bonds is 11. The molecular weight excluding hydrogens is 643 g/mol. The third-order valence-electron chi connectivity index (χ3n) is 9.06. The van der Waals surface area contributed by atoms with Crippen LogP contribution in [0, 0.1) is 12.7 Å². The van der Waals surface area contributed by atoms with Crippen molar-refractivity contribution in [2.45, 2.75) is 70.5 Å². The molecule has 49 heavy (non-hydrogen) atoms. The Morgan fingerprint density at radius 1 is 1.00 bits per heavy atom. The number of halogens is 1. The van der Waals surface area contributed by atoms with Crippen LogP contribution in [0.1, 0.15) is 61.5 Å². The summed E-state index contributed by atoms with van der Waals surface area (Å²) in [6.07, 6.45) is 2.82. The van der Waals surface area contributed by atoms with Gasteiger partial charge >= 0.3 is 12.1 Å². The maximum atomic E-state index is 14.7. The average molecular weight is 685 g/mol. The molecule has 3 N–H and O–H groups in total. The van der Waals surface area contributed by atoms with Crippen LogP contribution in [0.3, 0.4) is 0 Å². The van der Waals surface area contributed by atoms with E-state index in [4.69, 9.17) is 9.47 Å². The third-order valence-corrected chi connectivity index (χ3v) is 9.06. The first-order chi connectivity index (χ1) is 23.4. The standard InChI is InChI=1S/C33H41FN6O9/c1-3-48-33(47)39-12-10-38(11-13-39)32(46)25(17-29(42)43)37-30(44)24-16-27(21-15-22(34)19(2)14-23(21)36-24)49-18-28(41)40-9-5-8-26(40)31(45)35-20-6-4-7-20/h14-16,20,25-26H,3-13,17-18H2,1-2H3,(H,35,45)(H,37,44)(H,42,43)/t25-,26-/m0/s1. The van der Waals surface area contributed by atoms with Gasteiger partial charge in [0.1, 0.15) is 29.3 Å². The first-order valence-corrected chi connectivity index (χ1v) is 16.5. The number of carboxylic acid groups (broad SMARTS) is 1. The summed E-state index contributed by atoms with van der Waals surface area (Å²) in [5.74, 6) is -4.12. The molecule has 15 nitrogen and oxygen atoms in total. The van der Waals surface area contributed by atoms with Crippen LogP contribution in [0.25, 0.3) is 10.9 Å². The lowest BCUT2D eigenvalue weighted by atomic mass is 9.93. The van der Waals surface area contributed by atoms with Crippen LogP contribution in [0.5, 0.6) is 5.75 Å². The van der Waals surface area contributed by atoms with E-state index in [-0.39, 0.29) is 72.6 Å². The summed E-state index contributed by atoms with van der Waals surface area (Å²) in [5.41, 5.74) is 0.150. The average Bonchev–Trinajstić information content (AvgIpc) is 3.55. The van der Waals surface area contributed by atoms with Crippen LogP contribution in [0.4, 0.5) is 9.18 Å². The molecule has 0 bridgehead atoms. The Bertz CT molecular complexity index is 1630. The van der Waals surface area contributed by atoms with E-state index in [0.717, 1.165) is 19.3 Å². The number of carbonyl (C=O) groups is 6. The summed E-state index contributed by atoms with van der Waals surface area (Å²) in [5, 5.41) is 15.2. The van der Waals surface area contributed by atoms with Crippen LogP contribution in [0.15, 0.2) is 18.2 Å². The molecule has 2 aliphatic heterocycles. The number of amides is 5. The monoisotopic (exact) mass is 684 g/mol. The van der Waals surface area contributed by atoms with Crippen molar-refractivity contribution in [3.8, 4) is 5.75 Å². The molecule has 16 heteroatoms. The van der Waals surface area contributed by atoms with Crippen LogP contribution in [-0.4, -0.2) is 125 Å². The van der Waals surface area contributed by atoms with E-state index in [9.17, 15) is 38.3 Å². The van der Waals surface area contributed by atoms with E-state index >= 15 is 0 Å². The molecule has 2 saturated heterocycles. The van der Waals surface area contributed by atoms with Gasteiger partial charge in [0.05, 0.1) is 18.5 Å². The molecule has 0 unspecified atom stereocenters. The molecule has 2 aromatic rings. The van der Waals surface area contributed by atoms with Crippen molar-refractivity contribution >= 4 is 46.6 Å². The number of likely N-dealkylation sites (tertiary alicyclic amines) is 1. The summed E-state index contributed by atoms with van der Waals surface area (Å²) in [6.45, 7) is 3.82. The molecule has 1 aromatic carbocycles. The minimum atomic E-state index is -1.46. The number of nitrogens with zero attached hydrogens (tertiary/aromatic N) is 4. The first kappa shape index (κ1) is 35.3. The Labute approximate surface area is 282 Å². The Hall–Kier alpha value is -5.02. The third kappa shape index (κ3) is 8.35. The lowest BCUT2D eigenvalue weighted by Crippen LogP contribution is -2.56. The highest BCUT2D eigenvalue weighted by molar-refractivity contribution is 6.00. The van der Waals surface area contributed by atoms with E-state index in [1.54, 1.807) is 6.92 Å². The molecular formula is C33H41FN6O9. The number of aromatic nitrogens is 1. The first-order valence-electron chi connectivity index (χ1n) is 16.5. The van der Waals surface area contributed by atoms with Gasteiger partial charge in [0, 0.05) is 50.2 Å². The summed E-state index contributed by atoms with van der Waals surface area (Å²) >= 11 is 0. The Balaban J connectivity index is 1.31. The minimum Gasteiger partial charge on any atom is -0.483 e. The summed E-state index contributed by atoms with van der Waals surface area (Å²) in [4.78, 5) is 85.3. The molecule has 2 atom stereocenters. The molecule has 1 aromatic heterocycles. The highest BCUT2D eigenvalue weighted by Crippen LogP contribution is 2.29. The number of hydrogen-bond acceptors (Lipinski definition) is 9. The summed E-state index contributed by atoms with van der Waals surface area (Å²) < 4.78 is 25.5. The van der Waals surface area contributed by atoms with Gasteiger partial charge in [-0.1, -0.05) is 0 Å². The van der Waals surface area contributed by atoms with Crippen LogP contribution in [0.2, 0.25) is 0 Å². The number of ether oxygens (including phenoxy) is 2. The van der Waals surface area contributed by atoms with Crippen molar-refractivity contribution in [3.63, 3.8) is 0 Å². The Morgan fingerprint density at radius 3 is 2.37 bits per heavy atom. The second-order valence-electron chi connectivity index (χ2n) is 12.4. The zero-order chi connectivity index (χ0) is 35.2. The Morgan fingerprint density at radius 2 is 1.71 bits per heavy atom. The molecule has 5 rings (SSSR count). The zero-order valence-corrected chi connectivity index (χ0v) is 27.5. The van der Waals surface area contributed by atoms with Crippen molar-refractivity contribution in [1.82, 2.24) is 30.3 Å². The number of carbonyl (C=O) groups excluding carboxylic acids is 5. The van der Waals surface area contributed by atoms with Crippen molar-refractivity contribution in [3.05, 3.63) is 35.3 Å². The second kappa shape index (κ2) is 15.5. The number of piperazine rings is 1. The van der Waals surface area contributed by atoms with Gasteiger partial charge in [0.2, 0.25) is 11.8 Å². The van der Waals surface area contributed by atoms with Gasteiger partial charge in [-0.25, -0.2) is 14.2 Å². The fraction of sp³-hybridized carbons (Fsp3) is 0.545. The van der Waals surface area contributed by atoms with Gasteiger partial charge in [-0.05, 0) is 63.6 Å². The predicted molar refractivity (Wildman–Crippen MR) is 171 cm³/mol. The number of aliphatic carboxylic acids is 1. The molecule has 264 valence electrons. The number of carboxylic acids is 1. The smallest absolute Gasteiger partial charge is 0.409 e. The van der Waals surface area contributed by atoms with Gasteiger partial charge in [-0.2, -0.15) is 0 Å². The summed E-state index contributed by atoms with van der Waals surface area (Å²) in [7, 11) is 0. The zero-order valence-electron chi connectivity index (χ0n) is 27.5. The molecule has 0 radical (unpaired) electrons. The van der Waals surface area contributed by atoms with Crippen molar-refractivity contribution < 1.29 is 47.7 Å². The number of hydrogen-bond donors (Lipinski definition) is 3. The highest BCUT2D eigenvalue weighted by atomic mass is 19.1. The molecule has 3 aliphatic rings. The second-order valence-corrected chi connectivity index (χ2v) is 12.4. The number of aryl methyl sites for hydroxylation is 1. The van der Waals surface area contributed by atoms with Gasteiger partial charge in [0.25, 0.3) is 11.8 Å². The lowest BCUT2D eigenvalue weighted by molar-refractivity contribution is -0.143. The van der Waals surface area contributed by atoms with Crippen LogP contribution in [-0.2, 0) is 23.9 Å². The van der Waals surface area contributed by atoms with Crippen molar-refractivity contribution in [2.24, 2.45) is 0 Å². The van der Waals surface area contributed by atoms with E-state index < -0.39 is 60.7 Å². The normalized spacial score (nSPS) is 18.4. The quantitative estimate of drug-likeness (QED) is 0.314. The molecule has 1 saturated carbocycles. The van der Waals surface area contributed by atoms with E-state index in [1.165, 1.54) is 39.8 Å². The molecule has 3 heterocycles. The topological polar surface area (TPSA) is 188 Å². The molecule has 1 aliphatic carbocycles. The molecule has 5 amide bonds. The maximum absolute atomic E-state index is 14.7. The lowest BCUT2D eigenvalue weighted by Gasteiger charge is -2.35. The van der Waals surface area contributed by atoms with Crippen LogP contribution >= 0.6 is 0 Å². The van der Waals surface area contributed by atoms with Gasteiger partial charge in [0.15, 0.2) is 6.61 Å². The fourth-order valence-electron chi connectivity index (χ4n) is 6.12. The molecule has 3 fully saturated rings. The minimum absolute atomic E-state index is 0.0340. The largest absolute Gasteiger partial charge is 0.483 e. The number of fused-ring (bicyclic) bond motifs is 1. The van der Waals surface area contributed by atoms with E-state index in [1.807, 2.05) is 0 Å². The number of nitrogens with one attached hydrogen (secondary N) is 2. The van der Waals surface area contributed by atoms with Crippen molar-refractivity contribution in [1.29, 1.82) is 0 Å². The van der Waals surface area contributed by atoms with Gasteiger partial charge in [-0.3, -0.25) is 24.0 Å².